The van der Waals surface area contributed by atoms with Crippen molar-refractivity contribution in [1.82, 2.24) is 0 Å². The Bertz CT molecular complexity index is 1040. The van der Waals surface area contributed by atoms with Crippen LogP contribution in [0.3, 0.4) is 0 Å². The van der Waals surface area contributed by atoms with Gasteiger partial charge < -0.3 is 4.90 Å². The van der Waals surface area contributed by atoms with E-state index in [0.29, 0.717) is 6.04 Å². The molecule has 1 heterocycles. The summed E-state index contributed by atoms with van der Waals surface area (Å²) in [6, 6.07) is 26.5. The molecule has 5 rings (SSSR count). The summed E-state index contributed by atoms with van der Waals surface area (Å²) in [5, 5.41) is 0. The molecule has 0 fully saturated rings. The zero-order valence-corrected chi connectivity index (χ0v) is 15.8. The first-order valence-electron chi connectivity index (χ1n) is 9.59. The fraction of sp³-hybridized carbons (Fsp3) is 0.154. The minimum atomic E-state index is 0.00747. The lowest BCUT2D eigenvalue weighted by Crippen LogP contribution is -2.39. The first kappa shape index (κ1) is 16.1. The van der Waals surface area contributed by atoms with E-state index < -0.39 is 0 Å². The topological polar surface area (TPSA) is 3.24 Å². The van der Waals surface area contributed by atoms with Gasteiger partial charge in [0, 0.05) is 16.8 Å². The molecular weight excluding hydrogens is 326 g/mol. The monoisotopic (exact) mass is 349 g/mol. The zero-order valence-electron chi connectivity index (χ0n) is 15.8. The maximum Gasteiger partial charge on any atom is 0.0655 e. The van der Waals surface area contributed by atoms with Crippen LogP contribution in [-0.4, -0.2) is 6.04 Å². The Morgan fingerprint density at radius 1 is 0.778 bits per heavy atom. The molecule has 1 unspecified atom stereocenters. The standard InChI is InChI=1S/C26H23N/c1-19-9-8-12-23-25(19)26(2)18-7-6-13-24(26)27(23)22-16-14-21(15-17-22)20-10-4-3-5-11-20/h3-18,24H,1-2H3/t24?,26-/m1/s1. The molecule has 0 radical (unpaired) electrons. The van der Waals surface area contributed by atoms with Crippen molar-refractivity contribution in [2.45, 2.75) is 25.3 Å². The van der Waals surface area contributed by atoms with Gasteiger partial charge in [-0.2, -0.15) is 0 Å². The molecule has 0 bridgehead atoms. The second kappa shape index (κ2) is 5.99. The maximum absolute atomic E-state index is 2.50. The number of allylic oxidation sites excluding steroid dienone is 2. The van der Waals surface area contributed by atoms with Crippen molar-refractivity contribution in [2.75, 3.05) is 4.90 Å². The number of aryl methyl sites for hydroxylation is 1. The van der Waals surface area contributed by atoms with Crippen LogP contribution in [0.2, 0.25) is 0 Å². The van der Waals surface area contributed by atoms with E-state index >= 15 is 0 Å². The van der Waals surface area contributed by atoms with Crippen molar-refractivity contribution in [3.63, 3.8) is 0 Å². The summed E-state index contributed by atoms with van der Waals surface area (Å²) in [7, 11) is 0. The van der Waals surface area contributed by atoms with Gasteiger partial charge >= 0.3 is 0 Å². The van der Waals surface area contributed by atoms with E-state index in [9.17, 15) is 0 Å². The Morgan fingerprint density at radius 3 is 2.30 bits per heavy atom. The highest BCUT2D eigenvalue weighted by atomic mass is 15.2. The number of benzene rings is 3. The van der Waals surface area contributed by atoms with Crippen LogP contribution in [-0.2, 0) is 5.41 Å². The predicted octanol–water partition coefficient (Wildman–Crippen LogP) is 6.57. The second-order valence-electron chi connectivity index (χ2n) is 7.72. The summed E-state index contributed by atoms with van der Waals surface area (Å²) < 4.78 is 0. The average Bonchev–Trinajstić information content (AvgIpc) is 2.98. The molecule has 1 nitrogen and oxygen atoms in total. The number of hydrogen-bond acceptors (Lipinski definition) is 1. The van der Waals surface area contributed by atoms with E-state index in [1.165, 1.54) is 33.6 Å². The van der Waals surface area contributed by atoms with Crippen molar-refractivity contribution >= 4 is 11.4 Å². The van der Waals surface area contributed by atoms with Gasteiger partial charge in [0.15, 0.2) is 0 Å². The lowest BCUT2D eigenvalue weighted by atomic mass is 9.74. The van der Waals surface area contributed by atoms with Gasteiger partial charge in [0.25, 0.3) is 0 Å². The van der Waals surface area contributed by atoms with Crippen LogP contribution >= 0.6 is 0 Å². The van der Waals surface area contributed by atoms with Crippen LogP contribution in [0.25, 0.3) is 11.1 Å². The van der Waals surface area contributed by atoms with Crippen molar-refractivity contribution in [1.29, 1.82) is 0 Å². The van der Waals surface area contributed by atoms with Gasteiger partial charge in [0.2, 0.25) is 0 Å². The third kappa shape index (κ3) is 2.39. The SMILES string of the molecule is Cc1cccc2c1[C@]1(C)C=CC=CC1N2c1ccc(-c2ccccc2)cc1. The third-order valence-corrected chi connectivity index (χ3v) is 6.04. The van der Waals surface area contributed by atoms with Crippen molar-refractivity contribution in [3.8, 4) is 11.1 Å². The first-order chi connectivity index (χ1) is 13.2. The van der Waals surface area contributed by atoms with Gasteiger partial charge in [-0.05, 0) is 54.3 Å². The number of fused-ring (bicyclic) bond motifs is 3. The summed E-state index contributed by atoms with van der Waals surface area (Å²) in [4.78, 5) is 2.50. The molecule has 0 N–H and O–H groups in total. The molecule has 0 saturated carbocycles. The predicted molar refractivity (Wildman–Crippen MR) is 115 cm³/mol. The Labute approximate surface area is 161 Å². The molecule has 2 atom stereocenters. The van der Waals surface area contributed by atoms with Crippen LogP contribution in [0.15, 0.2) is 97.1 Å². The Morgan fingerprint density at radius 2 is 1.52 bits per heavy atom. The quantitative estimate of drug-likeness (QED) is 0.506. The lowest BCUT2D eigenvalue weighted by Gasteiger charge is -2.35. The smallest absolute Gasteiger partial charge is 0.0655 e. The summed E-state index contributed by atoms with van der Waals surface area (Å²) in [5.41, 5.74) is 7.90. The largest absolute Gasteiger partial charge is 0.333 e. The Kier molecular flexibility index (Phi) is 3.58. The highest BCUT2D eigenvalue weighted by Crippen LogP contribution is 2.52. The molecule has 0 amide bonds. The van der Waals surface area contributed by atoms with Crippen molar-refractivity contribution < 1.29 is 0 Å². The minimum absolute atomic E-state index is 0.00747. The first-order valence-corrected chi connectivity index (χ1v) is 9.59. The molecule has 0 aromatic heterocycles. The molecule has 2 aliphatic rings. The summed E-state index contributed by atoms with van der Waals surface area (Å²) in [6.45, 7) is 4.59. The highest BCUT2D eigenvalue weighted by molar-refractivity contribution is 5.79. The molecule has 1 heteroatoms. The molecule has 3 aromatic carbocycles. The molecular formula is C26H23N. The van der Waals surface area contributed by atoms with Gasteiger partial charge in [-0.3, -0.25) is 0 Å². The van der Waals surface area contributed by atoms with E-state index in [4.69, 9.17) is 0 Å². The molecule has 1 aliphatic carbocycles. The third-order valence-electron chi connectivity index (χ3n) is 6.04. The molecule has 1 aliphatic heterocycles. The molecule has 0 saturated heterocycles. The van der Waals surface area contributed by atoms with E-state index in [0.717, 1.165) is 0 Å². The van der Waals surface area contributed by atoms with Crippen LogP contribution in [0, 0.1) is 6.92 Å². The van der Waals surface area contributed by atoms with E-state index in [1.807, 2.05) is 0 Å². The number of anilines is 2. The van der Waals surface area contributed by atoms with E-state index in [-0.39, 0.29) is 5.41 Å². The molecule has 132 valence electrons. The zero-order chi connectivity index (χ0) is 18.4. The van der Waals surface area contributed by atoms with Crippen LogP contribution in [0.5, 0.6) is 0 Å². The van der Waals surface area contributed by atoms with Crippen molar-refractivity contribution in [2.24, 2.45) is 0 Å². The van der Waals surface area contributed by atoms with Crippen LogP contribution in [0.1, 0.15) is 18.1 Å². The van der Waals surface area contributed by atoms with Crippen LogP contribution < -0.4 is 4.90 Å². The summed E-state index contributed by atoms with van der Waals surface area (Å²) >= 11 is 0. The fourth-order valence-corrected chi connectivity index (χ4v) is 4.76. The molecule has 3 aromatic rings. The lowest BCUT2D eigenvalue weighted by molar-refractivity contribution is 0.548. The van der Waals surface area contributed by atoms with Crippen molar-refractivity contribution in [3.05, 3.63) is 108 Å². The number of nitrogens with zero attached hydrogens (tertiary/aromatic N) is 1. The fourth-order valence-electron chi connectivity index (χ4n) is 4.76. The molecule has 0 spiro atoms. The summed E-state index contributed by atoms with van der Waals surface area (Å²) in [5.74, 6) is 0. The summed E-state index contributed by atoms with van der Waals surface area (Å²) in [6.07, 6.45) is 9.07. The van der Waals surface area contributed by atoms with E-state index in [2.05, 4.69) is 116 Å². The van der Waals surface area contributed by atoms with E-state index in [1.54, 1.807) is 0 Å². The highest BCUT2D eigenvalue weighted by Gasteiger charge is 2.47. The second-order valence-corrected chi connectivity index (χ2v) is 7.72. The minimum Gasteiger partial charge on any atom is -0.333 e. The maximum atomic E-state index is 2.50. The van der Waals surface area contributed by atoms with Gasteiger partial charge in [0.1, 0.15) is 0 Å². The van der Waals surface area contributed by atoms with Gasteiger partial charge in [0.05, 0.1) is 6.04 Å². The average molecular weight is 349 g/mol. The van der Waals surface area contributed by atoms with Gasteiger partial charge in [-0.25, -0.2) is 0 Å². The Hall–Kier alpha value is -3.06. The number of hydrogen-bond donors (Lipinski definition) is 0. The Balaban J connectivity index is 1.62. The molecule has 27 heavy (non-hydrogen) atoms. The number of rotatable bonds is 2. The van der Waals surface area contributed by atoms with Crippen LogP contribution in [0.4, 0.5) is 11.4 Å². The normalized spacial score (nSPS) is 22.6. The van der Waals surface area contributed by atoms with Gasteiger partial charge in [-0.1, -0.05) is 78.9 Å². The van der Waals surface area contributed by atoms with Gasteiger partial charge in [-0.15, -0.1) is 0 Å².